The van der Waals surface area contributed by atoms with Crippen molar-refractivity contribution in [3.63, 3.8) is 0 Å². The molecule has 0 aliphatic carbocycles. The average Bonchev–Trinajstić information content (AvgIpc) is 3.59. The average molecular weight is 619 g/mol. The van der Waals surface area contributed by atoms with Crippen LogP contribution >= 0.6 is 0 Å². The summed E-state index contributed by atoms with van der Waals surface area (Å²) in [6.07, 6.45) is 2.81. The number of hydrogen-bond donors (Lipinski definition) is 8. The molecule has 238 valence electrons. The second kappa shape index (κ2) is 14.5. The van der Waals surface area contributed by atoms with Gasteiger partial charge in [-0.3, -0.25) is 19.2 Å². The Morgan fingerprint density at radius 3 is 1.69 bits per heavy atom. The zero-order chi connectivity index (χ0) is 32.7. The topological polar surface area (TPSA) is 219 Å². The van der Waals surface area contributed by atoms with Crippen LogP contribution in [0.5, 0.6) is 0 Å². The van der Waals surface area contributed by atoms with Crippen LogP contribution in [0.15, 0.2) is 60.9 Å². The van der Waals surface area contributed by atoms with E-state index < -0.39 is 60.2 Å². The Morgan fingerprint density at radius 2 is 1.18 bits per heavy atom. The van der Waals surface area contributed by atoms with E-state index in [1.807, 2.05) is 56.3 Å². The summed E-state index contributed by atoms with van der Waals surface area (Å²) in [4.78, 5) is 69.9. The van der Waals surface area contributed by atoms with Crippen molar-refractivity contribution in [2.45, 2.75) is 63.7 Å². The Balaban J connectivity index is 1.54. The van der Waals surface area contributed by atoms with Gasteiger partial charge in [-0.1, -0.05) is 50.2 Å². The Bertz CT molecular complexity index is 1690. The maximum absolute atomic E-state index is 13.6. The lowest BCUT2D eigenvalue weighted by molar-refractivity contribution is -0.143. The van der Waals surface area contributed by atoms with Crippen LogP contribution in [0.1, 0.15) is 37.8 Å². The third kappa shape index (κ3) is 8.48. The highest BCUT2D eigenvalue weighted by molar-refractivity contribution is 5.96. The van der Waals surface area contributed by atoms with E-state index in [4.69, 9.17) is 5.73 Å². The van der Waals surface area contributed by atoms with Gasteiger partial charge in [0.2, 0.25) is 17.7 Å². The maximum Gasteiger partial charge on any atom is 0.326 e. The molecule has 0 saturated carbocycles. The quantitative estimate of drug-likeness (QED) is 0.0980. The number of aromatic nitrogens is 2. The molecule has 13 heteroatoms. The van der Waals surface area contributed by atoms with Gasteiger partial charge in [0.25, 0.3) is 0 Å². The fourth-order valence-corrected chi connectivity index (χ4v) is 5.27. The van der Waals surface area contributed by atoms with Crippen molar-refractivity contribution in [2.24, 2.45) is 11.7 Å². The Hall–Kier alpha value is -5.17. The van der Waals surface area contributed by atoms with Crippen LogP contribution in [0.25, 0.3) is 21.8 Å². The molecule has 0 radical (unpaired) electrons. The van der Waals surface area contributed by atoms with Crippen LogP contribution in [0, 0.1) is 5.92 Å². The van der Waals surface area contributed by atoms with Crippen LogP contribution in [-0.4, -0.2) is 74.0 Å². The van der Waals surface area contributed by atoms with Gasteiger partial charge in [0.05, 0.1) is 12.5 Å². The van der Waals surface area contributed by atoms with Crippen LogP contribution in [0.3, 0.4) is 0 Å². The molecular formula is C32H38N6O7. The Morgan fingerprint density at radius 1 is 0.711 bits per heavy atom. The first-order valence-electron chi connectivity index (χ1n) is 14.6. The van der Waals surface area contributed by atoms with E-state index in [0.29, 0.717) is 17.5 Å². The molecule has 13 nitrogen and oxygen atoms in total. The minimum absolute atomic E-state index is 0.00963. The third-order valence-electron chi connectivity index (χ3n) is 7.52. The smallest absolute Gasteiger partial charge is 0.326 e. The van der Waals surface area contributed by atoms with Gasteiger partial charge in [0, 0.05) is 47.0 Å². The summed E-state index contributed by atoms with van der Waals surface area (Å²) in [6.45, 7) is 3.81. The molecule has 4 unspecified atom stereocenters. The van der Waals surface area contributed by atoms with Crippen molar-refractivity contribution >= 4 is 51.5 Å². The number of fused-ring (bicyclic) bond motifs is 2. The van der Waals surface area contributed by atoms with Crippen LogP contribution < -0.4 is 21.7 Å². The first-order valence-corrected chi connectivity index (χ1v) is 14.6. The van der Waals surface area contributed by atoms with E-state index in [-0.39, 0.29) is 18.8 Å². The Kier molecular flexibility index (Phi) is 10.6. The largest absolute Gasteiger partial charge is 0.481 e. The normalized spacial score (nSPS) is 14.0. The number of carbonyl (C=O) groups is 5. The molecule has 2 aromatic heterocycles. The molecule has 2 aromatic carbocycles. The molecule has 0 bridgehead atoms. The summed E-state index contributed by atoms with van der Waals surface area (Å²) in [7, 11) is 0. The number of aromatic amines is 2. The number of hydrogen-bond acceptors (Lipinski definition) is 6. The molecule has 4 rings (SSSR count). The fraction of sp³-hybridized carbons (Fsp3) is 0.344. The van der Waals surface area contributed by atoms with Gasteiger partial charge < -0.3 is 41.9 Å². The molecule has 0 aliphatic rings. The minimum Gasteiger partial charge on any atom is -0.481 e. The lowest BCUT2D eigenvalue weighted by Crippen LogP contribution is -2.58. The maximum atomic E-state index is 13.6. The highest BCUT2D eigenvalue weighted by atomic mass is 16.4. The van der Waals surface area contributed by atoms with Gasteiger partial charge in [-0.25, -0.2) is 4.79 Å². The molecule has 4 aromatic rings. The van der Waals surface area contributed by atoms with Gasteiger partial charge >= 0.3 is 11.9 Å². The molecule has 0 spiro atoms. The third-order valence-corrected chi connectivity index (χ3v) is 7.52. The van der Waals surface area contributed by atoms with Crippen molar-refractivity contribution in [1.29, 1.82) is 0 Å². The first kappa shape index (κ1) is 32.7. The summed E-state index contributed by atoms with van der Waals surface area (Å²) in [6, 6.07) is 9.47. The number of carboxylic acid groups (broad SMARTS) is 2. The van der Waals surface area contributed by atoms with Crippen LogP contribution in [-0.2, 0) is 36.8 Å². The zero-order valence-corrected chi connectivity index (χ0v) is 25.0. The van der Waals surface area contributed by atoms with Gasteiger partial charge in [-0.2, -0.15) is 0 Å². The second-order valence-electron chi connectivity index (χ2n) is 11.5. The predicted octanol–water partition coefficient (Wildman–Crippen LogP) is 1.82. The van der Waals surface area contributed by atoms with Crippen molar-refractivity contribution in [1.82, 2.24) is 25.9 Å². The number of carboxylic acids is 2. The van der Waals surface area contributed by atoms with E-state index in [0.717, 1.165) is 21.8 Å². The summed E-state index contributed by atoms with van der Waals surface area (Å²) >= 11 is 0. The molecule has 45 heavy (non-hydrogen) atoms. The van der Waals surface area contributed by atoms with E-state index in [9.17, 15) is 34.2 Å². The van der Waals surface area contributed by atoms with Gasteiger partial charge in [0.15, 0.2) is 0 Å². The number of para-hydroxylation sites is 2. The highest BCUT2D eigenvalue weighted by Crippen LogP contribution is 2.21. The molecular weight excluding hydrogens is 580 g/mol. The number of H-pyrrole nitrogens is 2. The number of benzene rings is 2. The summed E-state index contributed by atoms with van der Waals surface area (Å²) in [5.74, 6) is -5.01. The number of rotatable bonds is 15. The summed E-state index contributed by atoms with van der Waals surface area (Å²) in [5, 5.41) is 28.5. The number of carbonyl (C=O) groups excluding carboxylic acids is 3. The lowest BCUT2D eigenvalue weighted by atomic mass is 10.0. The van der Waals surface area contributed by atoms with Gasteiger partial charge in [0.1, 0.15) is 18.1 Å². The molecule has 0 aliphatic heterocycles. The van der Waals surface area contributed by atoms with E-state index >= 15 is 0 Å². The summed E-state index contributed by atoms with van der Waals surface area (Å²) in [5.41, 5.74) is 9.01. The first-order chi connectivity index (χ1) is 21.4. The van der Waals surface area contributed by atoms with E-state index in [1.54, 1.807) is 18.5 Å². The Labute approximate surface area is 258 Å². The fourth-order valence-electron chi connectivity index (χ4n) is 5.27. The number of aliphatic carboxylic acids is 2. The van der Waals surface area contributed by atoms with Gasteiger partial charge in [-0.05, 0) is 35.6 Å². The minimum atomic E-state index is -1.63. The van der Waals surface area contributed by atoms with Crippen molar-refractivity contribution in [3.8, 4) is 0 Å². The number of nitrogens with two attached hydrogens (primary N) is 1. The van der Waals surface area contributed by atoms with Crippen LogP contribution in [0.2, 0.25) is 0 Å². The van der Waals surface area contributed by atoms with Crippen molar-refractivity contribution < 1.29 is 34.2 Å². The monoisotopic (exact) mass is 618 g/mol. The van der Waals surface area contributed by atoms with Gasteiger partial charge in [-0.15, -0.1) is 0 Å². The molecule has 3 amide bonds. The molecule has 0 saturated heterocycles. The standard InChI is InChI=1S/C32H38N6O7/c1-17(2)11-22(33)29(41)36-25(12-18-15-34-23-9-5-3-7-20(18)23)30(42)37-26(14-28(39)40)31(43)38-27(32(44)45)13-19-16-35-24-10-6-4-8-21(19)24/h3-10,15-17,22,25-27,34-35H,11-14,33H2,1-2H3,(H,36,41)(H,37,42)(H,38,43)(H,39,40)(H,44,45). The molecule has 4 atom stereocenters. The van der Waals surface area contributed by atoms with E-state index in [2.05, 4.69) is 25.9 Å². The van der Waals surface area contributed by atoms with E-state index in [1.165, 1.54) is 0 Å². The highest BCUT2D eigenvalue weighted by Gasteiger charge is 2.32. The lowest BCUT2D eigenvalue weighted by Gasteiger charge is -2.25. The predicted molar refractivity (Wildman–Crippen MR) is 167 cm³/mol. The zero-order valence-electron chi connectivity index (χ0n) is 25.0. The second-order valence-corrected chi connectivity index (χ2v) is 11.5. The van der Waals surface area contributed by atoms with Crippen molar-refractivity contribution in [3.05, 3.63) is 72.1 Å². The SMILES string of the molecule is CC(C)CC(N)C(=O)NC(Cc1c[nH]c2ccccc12)C(=O)NC(CC(=O)O)C(=O)NC(Cc1c[nH]c2ccccc12)C(=O)O. The molecule has 0 fully saturated rings. The summed E-state index contributed by atoms with van der Waals surface area (Å²) < 4.78 is 0. The van der Waals surface area contributed by atoms with Crippen molar-refractivity contribution in [2.75, 3.05) is 0 Å². The molecule has 9 N–H and O–H groups in total. The van der Waals surface area contributed by atoms with Crippen LogP contribution in [0.4, 0.5) is 0 Å². The number of amides is 3. The number of nitrogens with one attached hydrogen (secondary N) is 5. The molecule has 2 heterocycles.